The summed E-state index contributed by atoms with van der Waals surface area (Å²) in [6.45, 7) is 4.21. The Balaban J connectivity index is 2.97. The highest BCUT2D eigenvalue weighted by atomic mass is 127. The third kappa shape index (κ3) is 2.08. The second kappa shape index (κ2) is 3.76. The minimum atomic E-state index is 0.416. The molecular formula is C7H10ClIN2. The second-order valence-electron chi connectivity index (χ2n) is 2.63. The Hall–Kier alpha value is 0.230. The van der Waals surface area contributed by atoms with Crippen molar-refractivity contribution in [2.75, 3.05) is 0 Å². The molecule has 0 aliphatic carbocycles. The van der Waals surface area contributed by atoms with Gasteiger partial charge in [-0.1, -0.05) is 0 Å². The van der Waals surface area contributed by atoms with Gasteiger partial charge in [-0.3, -0.25) is 4.68 Å². The van der Waals surface area contributed by atoms with Crippen LogP contribution in [0.15, 0.2) is 6.07 Å². The second-order valence-corrected chi connectivity index (χ2v) is 4.00. The predicted octanol–water partition coefficient (Wildman–Crippen LogP) is 2.81. The van der Waals surface area contributed by atoms with Crippen molar-refractivity contribution in [1.82, 2.24) is 9.78 Å². The minimum absolute atomic E-state index is 0.416. The van der Waals surface area contributed by atoms with Crippen LogP contribution in [0.5, 0.6) is 0 Å². The maximum absolute atomic E-state index is 5.64. The minimum Gasteiger partial charge on any atom is -0.257 e. The molecule has 0 fully saturated rings. The lowest BCUT2D eigenvalue weighted by molar-refractivity contribution is 0.517. The monoisotopic (exact) mass is 284 g/mol. The van der Waals surface area contributed by atoms with Crippen molar-refractivity contribution < 1.29 is 0 Å². The Morgan fingerprint density at radius 3 is 2.64 bits per heavy atom. The Morgan fingerprint density at radius 2 is 2.36 bits per heavy atom. The van der Waals surface area contributed by atoms with Gasteiger partial charge in [-0.25, -0.2) is 0 Å². The zero-order valence-corrected chi connectivity index (χ0v) is 9.43. The lowest BCUT2D eigenvalue weighted by atomic mass is 10.4. The lowest BCUT2D eigenvalue weighted by Crippen LogP contribution is -2.04. The Bertz CT molecular complexity index is 245. The van der Waals surface area contributed by atoms with Crippen molar-refractivity contribution in [1.29, 1.82) is 0 Å². The first-order valence-corrected chi connectivity index (χ1v) is 5.06. The van der Waals surface area contributed by atoms with Gasteiger partial charge < -0.3 is 0 Å². The molecule has 11 heavy (non-hydrogen) atoms. The Morgan fingerprint density at radius 1 is 1.73 bits per heavy atom. The highest BCUT2D eigenvalue weighted by Gasteiger charge is 2.06. The van der Waals surface area contributed by atoms with E-state index >= 15 is 0 Å². The topological polar surface area (TPSA) is 17.8 Å². The molecule has 0 spiro atoms. The molecule has 0 unspecified atom stereocenters. The molecule has 0 aliphatic heterocycles. The van der Waals surface area contributed by atoms with E-state index in [0.29, 0.717) is 11.9 Å². The number of nitrogens with zero attached hydrogens (tertiary/aromatic N) is 2. The molecule has 62 valence electrons. The van der Waals surface area contributed by atoms with Gasteiger partial charge in [0.25, 0.3) is 0 Å². The summed E-state index contributed by atoms with van der Waals surface area (Å²) in [5.41, 5.74) is 0.949. The van der Waals surface area contributed by atoms with Crippen molar-refractivity contribution in [3.63, 3.8) is 0 Å². The number of aromatic nitrogens is 2. The molecule has 1 heterocycles. The number of hydrogen-bond donors (Lipinski definition) is 0. The first-order valence-electron chi connectivity index (χ1n) is 3.45. The number of halogens is 2. The Labute approximate surface area is 85.1 Å². The van der Waals surface area contributed by atoms with E-state index in [0.717, 1.165) is 9.39 Å². The van der Waals surface area contributed by atoms with Gasteiger partial charge in [-0.05, 0) is 42.5 Å². The van der Waals surface area contributed by atoms with Gasteiger partial charge in [0, 0.05) is 6.04 Å². The van der Waals surface area contributed by atoms with E-state index in [9.17, 15) is 0 Å². The molecule has 1 aromatic heterocycles. The fourth-order valence-electron chi connectivity index (χ4n) is 0.846. The normalized spacial score (nSPS) is 11.0. The van der Waals surface area contributed by atoms with Crippen LogP contribution in [0.25, 0.3) is 0 Å². The van der Waals surface area contributed by atoms with Crippen LogP contribution in [0.1, 0.15) is 25.6 Å². The molecular weight excluding hydrogens is 274 g/mol. The van der Waals surface area contributed by atoms with Crippen LogP contribution in [-0.2, 0) is 5.88 Å². The van der Waals surface area contributed by atoms with Crippen molar-refractivity contribution in [2.45, 2.75) is 25.8 Å². The van der Waals surface area contributed by atoms with E-state index in [1.807, 2.05) is 10.7 Å². The predicted molar refractivity (Wildman–Crippen MR) is 54.9 cm³/mol. The molecule has 0 atom stereocenters. The molecule has 1 rings (SSSR count). The van der Waals surface area contributed by atoms with E-state index in [-0.39, 0.29) is 0 Å². The third-order valence-corrected chi connectivity index (χ3v) is 2.45. The summed E-state index contributed by atoms with van der Waals surface area (Å²) in [6, 6.07) is 2.42. The van der Waals surface area contributed by atoms with Crippen LogP contribution in [-0.4, -0.2) is 9.78 Å². The summed E-state index contributed by atoms with van der Waals surface area (Å²) in [4.78, 5) is 0. The van der Waals surface area contributed by atoms with Crippen molar-refractivity contribution >= 4 is 34.2 Å². The molecule has 1 aromatic rings. The maximum atomic E-state index is 5.64. The quantitative estimate of drug-likeness (QED) is 0.603. The average Bonchev–Trinajstić information content (AvgIpc) is 2.30. The molecule has 0 saturated heterocycles. The Kier molecular flexibility index (Phi) is 3.18. The SMILES string of the molecule is CC(C)n1nc(CCl)cc1I. The number of alkyl halides is 1. The molecule has 4 heteroatoms. The number of rotatable bonds is 2. The van der Waals surface area contributed by atoms with Gasteiger partial charge in [0.2, 0.25) is 0 Å². The average molecular weight is 285 g/mol. The van der Waals surface area contributed by atoms with Crippen LogP contribution in [0.2, 0.25) is 0 Å². The van der Waals surface area contributed by atoms with Gasteiger partial charge >= 0.3 is 0 Å². The van der Waals surface area contributed by atoms with Gasteiger partial charge in [0.1, 0.15) is 0 Å². The van der Waals surface area contributed by atoms with Crippen molar-refractivity contribution in [2.24, 2.45) is 0 Å². The smallest absolute Gasteiger partial charge is 0.0995 e. The fourth-order valence-corrected chi connectivity index (χ4v) is 2.00. The summed E-state index contributed by atoms with van der Waals surface area (Å²) in [7, 11) is 0. The van der Waals surface area contributed by atoms with Gasteiger partial charge in [-0.15, -0.1) is 11.6 Å². The van der Waals surface area contributed by atoms with E-state index < -0.39 is 0 Å². The molecule has 0 aliphatic rings. The van der Waals surface area contributed by atoms with Crippen LogP contribution in [0.3, 0.4) is 0 Å². The molecule has 0 saturated carbocycles. The summed E-state index contributed by atoms with van der Waals surface area (Å²) >= 11 is 7.90. The molecule has 0 N–H and O–H groups in total. The van der Waals surface area contributed by atoms with E-state index in [4.69, 9.17) is 11.6 Å². The molecule has 0 radical (unpaired) electrons. The third-order valence-electron chi connectivity index (χ3n) is 1.37. The van der Waals surface area contributed by atoms with Crippen LogP contribution >= 0.6 is 34.2 Å². The summed E-state index contributed by atoms with van der Waals surface area (Å²) < 4.78 is 3.12. The maximum Gasteiger partial charge on any atom is 0.0995 e. The van der Waals surface area contributed by atoms with E-state index in [1.165, 1.54) is 0 Å². The summed E-state index contributed by atoms with van der Waals surface area (Å²) in [5.74, 6) is 0.496. The lowest BCUT2D eigenvalue weighted by Gasteiger charge is -2.05. The largest absolute Gasteiger partial charge is 0.257 e. The van der Waals surface area contributed by atoms with Gasteiger partial charge in [-0.2, -0.15) is 5.10 Å². The fraction of sp³-hybridized carbons (Fsp3) is 0.571. The molecule has 0 amide bonds. The highest BCUT2D eigenvalue weighted by Crippen LogP contribution is 2.14. The van der Waals surface area contributed by atoms with Gasteiger partial charge in [0.15, 0.2) is 0 Å². The van der Waals surface area contributed by atoms with Gasteiger partial charge in [0.05, 0.1) is 15.3 Å². The highest BCUT2D eigenvalue weighted by molar-refractivity contribution is 14.1. The van der Waals surface area contributed by atoms with Crippen LogP contribution < -0.4 is 0 Å². The zero-order valence-electron chi connectivity index (χ0n) is 6.51. The van der Waals surface area contributed by atoms with Crippen LogP contribution in [0, 0.1) is 3.70 Å². The molecule has 2 nitrogen and oxygen atoms in total. The summed E-state index contributed by atoms with van der Waals surface area (Å²) in [5, 5.41) is 4.30. The first-order chi connectivity index (χ1) is 5.15. The standard InChI is InChI=1S/C7H10ClIN2/c1-5(2)11-7(9)3-6(4-8)10-11/h3,5H,4H2,1-2H3. The van der Waals surface area contributed by atoms with Crippen LogP contribution in [0.4, 0.5) is 0 Å². The zero-order chi connectivity index (χ0) is 8.43. The molecule has 0 aromatic carbocycles. The van der Waals surface area contributed by atoms with E-state index in [1.54, 1.807) is 0 Å². The first kappa shape index (κ1) is 9.32. The number of hydrogen-bond acceptors (Lipinski definition) is 1. The van der Waals surface area contributed by atoms with E-state index in [2.05, 4.69) is 41.5 Å². The van der Waals surface area contributed by atoms with Crippen molar-refractivity contribution in [3.8, 4) is 0 Å². The van der Waals surface area contributed by atoms with Crippen molar-refractivity contribution in [3.05, 3.63) is 15.5 Å². The summed E-state index contributed by atoms with van der Waals surface area (Å²) in [6.07, 6.45) is 0. The molecule has 0 bridgehead atoms.